The molecule has 1 saturated heterocycles. The van der Waals surface area contributed by atoms with E-state index in [0.29, 0.717) is 46.5 Å². The van der Waals surface area contributed by atoms with Crippen LogP contribution in [-0.4, -0.2) is 53.1 Å². The van der Waals surface area contributed by atoms with E-state index in [0.717, 1.165) is 18.4 Å². The van der Waals surface area contributed by atoms with Crippen molar-refractivity contribution >= 4 is 41.0 Å². The standard InChI is InChI=1S/C31H28ClFN4O3S/c32-23-13-5-7-15-25(23)37-31-28(29(35-37)20-9-2-1-3-10-20)30(22-12-4-6-14-24(22)33)41-19-27(39)36(31)18-26(38)34-17-21-11-8-16-40-21/h1-7,9-10,12-15,21,30H,8,11,16-19H2,(H,34,38)/t21-,30-/m1/s1. The number of amides is 2. The molecule has 0 saturated carbocycles. The number of nitrogens with one attached hydrogen (secondary N) is 1. The number of benzene rings is 3. The summed E-state index contributed by atoms with van der Waals surface area (Å²) in [6, 6.07) is 23.3. The Morgan fingerprint density at radius 3 is 2.59 bits per heavy atom. The van der Waals surface area contributed by atoms with Gasteiger partial charge in [-0.25, -0.2) is 9.07 Å². The number of halogens is 2. The number of hydrogen-bond donors (Lipinski definition) is 1. The Kier molecular flexibility index (Phi) is 8.09. The third-order valence-electron chi connectivity index (χ3n) is 7.26. The van der Waals surface area contributed by atoms with Gasteiger partial charge in [-0.2, -0.15) is 5.10 Å². The first kappa shape index (κ1) is 27.5. The van der Waals surface area contributed by atoms with Gasteiger partial charge in [-0.05, 0) is 31.0 Å². The van der Waals surface area contributed by atoms with Gasteiger partial charge in [-0.3, -0.25) is 14.5 Å². The molecule has 3 aromatic carbocycles. The number of carbonyl (C=O) groups excluding carboxylic acids is 2. The molecule has 10 heteroatoms. The Morgan fingerprint density at radius 1 is 1.07 bits per heavy atom. The van der Waals surface area contributed by atoms with Gasteiger partial charge in [-0.1, -0.05) is 72.3 Å². The van der Waals surface area contributed by atoms with E-state index in [1.54, 1.807) is 35.0 Å². The molecule has 2 amide bonds. The Bertz CT molecular complexity index is 1570. The normalized spacial score (nSPS) is 18.7. The molecule has 0 aliphatic carbocycles. The zero-order chi connectivity index (χ0) is 28.3. The van der Waals surface area contributed by atoms with Crippen LogP contribution in [0.15, 0.2) is 78.9 Å². The minimum absolute atomic E-state index is 0.0336. The highest BCUT2D eigenvalue weighted by molar-refractivity contribution is 8.00. The van der Waals surface area contributed by atoms with Crippen LogP contribution in [0.2, 0.25) is 5.02 Å². The maximum atomic E-state index is 15.3. The van der Waals surface area contributed by atoms with Crippen LogP contribution in [0.3, 0.4) is 0 Å². The lowest BCUT2D eigenvalue weighted by molar-refractivity contribution is -0.123. The van der Waals surface area contributed by atoms with E-state index in [-0.39, 0.29) is 36.0 Å². The van der Waals surface area contributed by atoms with Gasteiger partial charge < -0.3 is 10.1 Å². The average molecular weight is 591 g/mol. The lowest BCUT2D eigenvalue weighted by Crippen LogP contribution is -2.44. The predicted molar refractivity (Wildman–Crippen MR) is 159 cm³/mol. The van der Waals surface area contributed by atoms with Gasteiger partial charge >= 0.3 is 0 Å². The van der Waals surface area contributed by atoms with Crippen molar-refractivity contribution in [1.29, 1.82) is 0 Å². The van der Waals surface area contributed by atoms with Gasteiger partial charge in [0.2, 0.25) is 11.8 Å². The fourth-order valence-corrected chi connectivity index (χ4v) is 6.72. The molecule has 2 aliphatic rings. The summed E-state index contributed by atoms with van der Waals surface area (Å²) < 4.78 is 22.6. The molecule has 4 aromatic rings. The quantitative estimate of drug-likeness (QED) is 0.295. The van der Waals surface area contributed by atoms with Gasteiger partial charge in [0.15, 0.2) is 0 Å². The van der Waals surface area contributed by atoms with Crippen LogP contribution in [0.5, 0.6) is 0 Å². The van der Waals surface area contributed by atoms with Crippen molar-refractivity contribution in [3.63, 3.8) is 0 Å². The van der Waals surface area contributed by atoms with Crippen molar-refractivity contribution in [3.8, 4) is 16.9 Å². The second-order valence-corrected chi connectivity index (χ2v) is 11.4. The Balaban J connectivity index is 1.54. The fraction of sp³-hybridized carbons (Fsp3) is 0.258. The number of fused-ring (bicyclic) bond motifs is 1. The number of nitrogens with zero attached hydrogens (tertiary/aromatic N) is 3. The van der Waals surface area contributed by atoms with E-state index >= 15 is 4.39 Å². The Hall–Kier alpha value is -3.66. The largest absolute Gasteiger partial charge is 0.376 e. The first-order valence-electron chi connectivity index (χ1n) is 13.5. The Morgan fingerprint density at radius 2 is 1.83 bits per heavy atom. The summed E-state index contributed by atoms with van der Waals surface area (Å²) in [5, 5.41) is 7.77. The van der Waals surface area contributed by atoms with Crippen LogP contribution < -0.4 is 10.2 Å². The number of para-hydroxylation sites is 1. The second kappa shape index (κ2) is 12.1. The molecular weight excluding hydrogens is 563 g/mol. The number of carbonyl (C=O) groups is 2. The summed E-state index contributed by atoms with van der Waals surface area (Å²) in [5.74, 6) is -0.538. The highest BCUT2D eigenvalue weighted by Crippen LogP contribution is 2.49. The number of hydrogen-bond acceptors (Lipinski definition) is 5. The number of thioether (sulfide) groups is 1. The average Bonchev–Trinajstić information content (AvgIpc) is 3.62. The summed E-state index contributed by atoms with van der Waals surface area (Å²) in [7, 11) is 0. The predicted octanol–water partition coefficient (Wildman–Crippen LogP) is 5.80. The molecule has 0 radical (unpaired) electrons. The molecular formula is C31H28ClFN4O3S. The van der Waals surface area contributed by atoms with E-state index in [2.05, 4.69) is 5.32 Å². The van der Waals surface area contributed by atoms with E-state index in [4.69, 9.17) is 21.4 Å². The summed E-state index contributed by atoms with van der Waals surface area (Å²) >= 11 is 7.98. The van der Waals surface area contributed by atoms with E-state index in [1.807, 2.05) is 42.5 Å². The fourth-order valence-electron chi connectivity index (χ4n) is 5.29. The van der Waals surface area contributed by atoms with Crippen molar-refractivity contribution in [3.05, 3.63) is 101 Å². The summed E-state index contributed by atoms with van der Waals surface area (Å²) in [6.07, 6.45) is 1.81. The smallest absolute Gasteiger partial charge is 0.240 e. The van der Waals surface area contributed by atoms with Gasteiger partial charge in [0, 0.05) is 29.8 Å². The maximum absolute atomic E-state index is 15.3. The number of aromatic nitrogens is 2. The molecule has 41 heavy (non-hydrogen) atoms. The van der Waals surface area contributed by atoms with Crippen molar-refractivity contribution in [1.82, 2.24) is 15.1 Å². The molecule has 3 heterocycles. The molecule has 210 valence electrons. The summed E-state index contributed by atoms with van der Waals surface area (Å²) in [6.45, 7) is 0.829. The molecule has 0 unspecified atom stereocenters. The molecule has 0 spiro atoms. The summed E-state index contributed by atoms with van der Waals surface area (Å²) in [4.78, 5) is 28.5. The monoisotopic (exact) mass is 590 g/mol. The molecule has 7 nitrogen and oxygen atoms in total. The SMILES string of the molecule is O=C(CN1C(=O)CS[C@H](c2ccccc2F)c2c(-c3ccccc3)nn(-c3ccccc3Cl)c21)NC[C@H]1CCCO1. The third-order valence-corrected chi connectivity index (χ3v) is 8.81. The van der Waals surface area contributed by atoms with Gasteiger partial charge in [-0.15, -0.1) is 11.8 Å². The van der Waals surface area contributed by atoms with Crippen LogP contribution in [0, 0.1) is 5.82 Å². The highest BCUT2D eigenvalue weighted by Gasteiger charge is 2.38. The van der Waals surface area contributed by atoms with Crippen molar-refractivity contribution in [2.24, 2.45) is 0 Å². The van der Waals surface area contributed by atoms with Crippen molar-refractivity contribution in [2.45, 2.75) is 24.2 Å². The highest BCUT2D eigenvalue weighted by atomic mass is 35.5. The summed E-state index contributed by atoms with van der Waals surface area (Å²) in [5.41, 5.74) is 3.01. The lowest BCUT2D eigenvalue weighted by atomic mass is 9.99. The van der Waals surface area contributed by atoms with Gasteiger partial charge in [0.05, 0.1) is 33.5 Å². The Labute approximate surface area is 246 Å². The van der Waals surface area contributed by atoms with Crippen LogP contribution in [0.1, 0.15) is 29.2 Å². The van der Waals surface area contributed by atoms with E-state index < -0.39 is 5.25 Å². The topological polar surface area (TPSA) is 76.5 Å². The van der Waals surface area contributed by atoms with Gasteiger partial charge in [0.1, 0.15) is 18.2 Å². The lowest BCUT2D eigenvalue weighted by Gasteiger charge is -2.24. The molecule has 1 N–H and O–H groups in total. The molecule has 6 rings (SSSR count). The molecule has 1 fully saturated rings. The van der Waals surface area contributed by atoms with Gasteiger partial charge in [0.25, 0.3) is 0 Å². The van der Waals surface area contributed by atoms with Crippen LogP contribution in [0.25, 0.3) is 16.9 Å². The zero-order valence-electron chi connectivity index (χ0n) is 22.1. The number of ether oxygens (including phenoxy) is 1. The van der Waals surface area contributed by atoms with Crippen LogP contribution in [0.4, 0.5) is 10.2 Å². The first-order chi connectivity index (χ1) is 20.0. The molecule has 2 aliphatic heterocycles. The number of rotatable bonds is 7. The third kappa shape index (κ3) is 5.62. The van der Waals surface area contributed by atoms with Crippen LogP contribution in [-0.2, 0) is 14.3 Å². The number of anilines is 1. The minimum atomic E-state index is -0.568. The molecule has 0 bridgehead atoms. The van der Waals surface area contributed by atoms with Crippen molar-refractivity contribution < 1.29 is 18.7 Å². The molecule has 1 aromatic heterocycles. The second-order valence-electron chi connectivity index (χ2n) is 9.95. The van der Waals surface area contributed by atoms with E-state index in [9.17, 15) is 9.59 Å². The maximum Gasteiger partial charge on any atom is 0.240 e. The first-order valence-corrected chi connectivity index (χ1v) is 14.9. The van der Waals surface area contributed by atoms with Crippen LogP contribution >= 0.6 is 23.4 Å². The molecule has 2 atom stereocenters. The van der Waals surface area contributed by atoms with Crippen molar-refractivity contribution in [2.75, 3.05) is 30.3 Å². The van der Waals surface area contributed by atoms with E-state index in [1.165, 1.54) is 22.7 Å². The zero-order valence-corrected chi connectivity index (χ0v) is 23.7. The minimum Gasteiger partial charge on any atom is -0.376 e.